The van der Waals surface area contributed by atoms with Crippen molar-refractivity contribution in [2.75, 3.05) is 13.1 Å². The van der Waals surface area contributed by atoms with Crippen LogP contribution in [0.15, 0.2) is 73.1 Å². The van der Waals surface area contributed by atoms with Crippen molar-refractivity contribution in [1.29, 1.82) is 0 Å². The zero-order valence-corrected chi connectivity index (χ0v) is 30.6. The Kier molecular flexibility index (Phi) is 19.9. The van der Waals surface area contributed by atoms with E-state index in [0.29, 0.717) is 5.92 Å². The summed E-state index contributed by atoms with van der Waals surface area (Å²) in [5, 5.41) is 0. The van der Waals surface area contributed by atoms with Crippen LogP contribution < -0.4 is 0 Å². The van der Waals surface area contributed by atoms with Crippen LogP contribution in [0.5, 0.6) is 0 Å². The third-order valence-electron chi connectivity index (χ3n) is 10.7. The molecule has 1 aliphatic heterocycles. The summed E-state index contributed by atoms with van der Waals surface area (Å²) < 4.78 is 0. The first-order chi connectivity index (χ1) is 22.8. The molecule has 258 valence electrons. The van der Waals surface area contributed by atoms with Crippen LogP contribution in [0.25, 0.3) is 0 Å². The SMILES string of the molecule is CCCCCCCCCCCCCCCCCCN1C=CN(CCCCCCC)C1(Cc1ccccc1)C(CC)c1ccccc1. The third kappa shape index (κ3) is 13.1. The molecule has 0 bridgehead atoms. The molecule has 1 aliphatic rings. The van der Waals surface area contributed by atoms with Gasteiger partial charge < -0.3 is 9.80 Å². The largest absolute Gasteiger partial charge is 0.353 e. The Morgan fingerprint density at radius 3 is 1.22 bits per heavy atom. The summed E-state index contributed by atoms with van der Waals surface area (Å²) in [6, 6.07) is 22.7. The van der Waals surface area contributed by atoms with Gasteiger partial charge in [-0.2, -0.15) is 0 Å². The number of hydrogen-bond acceptors (Lipinski definition) is 2. The highest BCUT2D eigenvalue weighted by molar-refractivity contribution is 5.30. The molecule has 0 fully saturated rings. The molecular weight excluding hydrogens is 556 g/mol. The van der Waals surface area contributed by atoms with Gasteiger partial charge in [0.15, 0.2) is 0 Å². The Bertz CT molecular complexity index is 1000. The van der Waals surface area contributed by atoms with E-state index in [-0.39, 0.29) is 5.66 Å². The van der Waals surface area contributed by atoms with Crippen molar-refractivity contribution in [3.63, 3.8) is 0 Å². The van der Waals surface area contributed by atoms with Crippen LogP contribution >= 0.6 is 0 Å². The minimum Gasteiger partial charge on any atom is -0.353 e. The Morgan fingerprint density at radius 1 is 0.457 bits per heavy atom. The van der Waals surface area contributed by atoms with Crippen molar-refractivity contribution in [2.45, 2.75) is 180 Å². The maximum Gasteiger partial charge on any atom is 0.123 e. The van der Waals surface area contributed by atoms with E-state index < -0.39 is 0 Å². The first kappa shape index (κ1) is 38.2. The van der Waals surface area contributed by atoms with Gasteiger partial charge in [-0.05, 0) is 30.4 Å². The fourth-order valence-electron chi connectivity index (χ4n) is 7.97. The molecule has 0 radical (unpaired) electrons. The lowest BCUT2D eigenvalue weighted by Crippen LogP contribution is -2.59. The van der Waals surface area contributed by atoms with Crippen LogP contribution in [0.3, 0.4) is 0 Å². The summed E-state index contributed by atoms with van der Waals surface area (Å²) in [7, 11) is 0. The molecule has 2 aromatic rings. The number of unbranched alkanes of at least 4 members (excludes halogenated alkanes) is 19. The highest BCUT2D eigenvalue weighted by Gasteiger charge is 2.49. The quantitative estimate of drug-likeness (QED) is 0.0865. The lowest BCUT2D eigenvalue weighted by molar-refractivity contribution is -0.00378. The molecule has 0 spiro atoms. The third-order valence-corrected chi connectivity index (χ3v) is 10.7. The molecule has 0 aliphatic carbocycles. The second-order valence-corrected chi connectivity index (χ2v) is 14.3. The van der Waals surface area contributed by atoms with Crippen LogP contribution in [-0.4, -0.2) is 28.6 Å². The summed E-state index contributed by atoms with van der Waals surface area (Å²) in [6.45, 7) is 9.33. The molecule has 0 saturated carbocycles. The van der Waals surface area contributed by atoms with Crippen molar-refractivity contribution in [3.8, 4) is 0 Å². The van der Waals surface area contributed by atoms with Crippen molar-refractivity contribution >= 4 is 0 Å². The van der Waals surface area contributed by atoms with Crippen molar-refractivity contribution < 1.29 is 0 Å². The first-order valence-corrected chi connectivity index (χ1v) is 20.1. The van der Waals surface area contributed by atoms with Crippen molar-refractivity contribution in [1.82, 2.24) is 9.80 Å². The molecule has 0 N–H and O–H groups in total. The van der Waals surface area contributed by atoms with Crippen LogP contribution in [0.2, 0.25) is 0 Å². The van der Waals surface area contributed by atoms with Crippen LogP contribution in [0, 0.1) is 0 Å². The van der Waals surface area contributed by atoms with Gasteiger partial charge in [0.25, 0.3) is 0 Å². The molecule has 2 unspecified atom stereocenters. The fourth-order valence-corrected chi connectivity index (χ4v) is 7.97. The maximum absolute atomic E-state index is 2.77. The Labute approximate surface area is 286 Å². The Hall–Kier alpha value is -2.22. The molecular formula is C44H72N2. The minimum absolute atomic E-state index is 0.0578. The van der Waals surface area contributed by atoms with Gasteiger partial charge >= 0.3 is 0 Å². The fraction of sp³-hybridized carbons (Fsp3) is 0.682. The van der Waals surface area contributed by atoms with Gasteiger partial charge in [0, 0.05) is 37.8 Å². The Morgan fingerprint density at radius 2 is 0.826 bits per heavy atom. The first-order valence-electron chi connectivity index (χ1n) is 20.1. The van der Waals surface area contributed by atoms with E-state index in [9.17, 15) is 0 Å². The molecule has 1 heterocycles. The van der Waals surface area contributed by atoms with E-state index in [1.54, 1.807) is 0 Å². The summed E-state index contributed by atoms with van der Waals surface area (Å²) in [5.74, 6) is 0.445. The standard InChI is InChI=1S/C44H72N2/c1-4-7-9-11-12-13-14-15-16-17-18-19-20-21-23-31-37-46-39-38-45(36-30-22-10-8-5-2)44(46,40-41-32-26-24-27-33-41)43(6-3)42-34-28-25-29-35-42/h24-29,32-35,38-39,43H,4-23,30-31,36-37,40H2,1-3H3. The monoisotopic (exact) mass is 629 g/mol. The number of nitrogens with zero attached hydrogens (tertiary/aromatic N) is 2. The van der Waals surface area contributed by atoms with Crippen molar-refractivity contribution in [3.05, 3.63) is 84.2 Å². The van der Waals surface area contributed by atoms with E-state index >= 15 is 0 Å². The van der Waals surface area contributed by atoms with Gasteiger partial charge in [-0.3, -0.25) is 0 Å². The minimum atomic E-state index is -0.0578. The molecule has 0 aromatic heterocycles. The maximum atomic E-state index is 2.77. The average Bonchev–Trinajstić information content (AvgIpc) is 3.42. The highest BCUT2D eigenvalue weighted by Crippen LogP contribution is 2.45. The molecule has 3 rings (SSSR count). The van der Waals surface area contributed by atoms with E-state index in [1.807, 2.05) is 0 Å². The summed E-state index contributed by atoms with van der Waals surface area (Å²) >= 11 is 0. The van der Waals surface area contributed by atoms with Crippen LogP contribution in [0.1, 0.15) is 179 Å². The van der Waals surface area contributed by atoms with E-state index in [0.717, 1.165) is 25.9 Å². The highest BCUT2D eigenvalue weighted by atomic mass is 15.4. The second-order valence-electron chi connectivity index (χ2n) is 14.3. The number of benzene rings is 2. The summed E-state index contributed by atoms with van der Waals surface area (Å²) in [6.07, 6.45) is 36.5. The van der Waals surface area contributed by atoms with Crippen LogP contribution in [0.4, 0.5) is 0 Å². The number of hydrogen-bond donors (Lipinski definition) is 0. The topological polar surface area (TPSA) is 6.48 Å². The van der Waals surface area contributed by atoms with Crippen molar-refractivity contribution in [2.24, 2.45) is 0 Å². The normalized spacial score (nSPS) is 16.8. The van der Waals surface area contributed by atoms with Gasteiger partial charge in [-0.25, -0.2) is 0 Å². The van der Waals surface area contributed by atoms with Crippen LogP contribution in [-0.2, 0) is 6.42 Å². The molecule has 2 heteroatoms. The van der Waals surface area contributed by atoms with Gasteiger partial charge in [-0.15, -0.1) is 0 Å². The smallest absolute Gasteiger partial charge is 0.123 e. The summed E-state index contributed by atoms with van der Waals surface area (Å²) in [5.41, 5.74) is 2.88. The lowest BCUT2D eigenvalue weighted by Gasteiger charge is -2.51. The molecule has 2 aromatic carbocycles. The van der Waals surface area contributed by atoms with E-state index in [1.165, 1.54) is 146 Å². The summed E-state index contributed by atoms with van der Waals surface area (Å²) in [4.78, 5) is 5.54. The van der Waals surface area contributed by atoms with Gasteiger partial charge in [-0.1, -0.05) is 203 Å². The zero-order chi connectivity index (χ0) is 32.5. The van der Waals surface area contributed by atoms with Gasteiger partial charge in [0.2, 0.25) is 0 Å². The molecule has 0 saturated heterocycles. The van der Waals surface area contributed by atoms with E-state index in [2.05, 4.69) is 104 Å². The van der Waals surface area contributed by atoms with Gasteiger partial charge in [0.1, 0.15) is 5.66 Å². The molecule has 46 heavy (non-hydrogen) atoms. The Balaban J connectivity index is 1.53. The zero-order valence-electron chi connectivity index (χ0n) is 30.6. The molecule has 2 nitrogen and oxygen atoms in total. The van der Waals surface area contributed by atoms with Gasteiger partial charge in [0.05, 0.1) is 0 Å². The number of rotatable bonds is 28. The predicted octanol–water partition coefficient (Wildman–Crippen LogP) is 13.4. The van der Waals surface area contributed by atoms with E-state index in [4.69, 9.17) is 0 Å². The molecule has 2 atom stereocenters. The second kappa shape index (κ2) is 24.0. The molecule has 0 amide bonds. The average molecular weight is 629 g/mol. The lowest BCUT2D eigenvalue weighted by atomic mass is 9.78. The predicted molar refractivity (Wildman–Crippen MR) is 203 cm³/mol.